The molecule has 2 unspecified atom stereocenters. The summed E-state index contributed by atoms with van der Waals surface area (Å²) in [6, 6.07) is 0.562. The van der Waals surface area contributed by atoms with Crippen LogP contribution in [-0.2, 0) is 9.47 Å². The largest absolute Gasteiger partial charge is 0.389 e. The molecule has 0 aliphatic carbocycles. The van der Waals surface area contributed by atoms with Crippen LogP contribution in [0.2, 0.25) is 0 Å². The molecular formula is C11H23NO3S. The molecule has 0 amide bonds. The fraction of sp³-hybridized carbons (Fsp3) is 1.00. The Morgan fingerprint density at radius 3 is 3.00 bits per heavy atom. The van der Waals surface area contributed by atoms with Gasteiger partial charge in [-0.05, 0) is 6.92 Å². The summed E-state index contributed by atoms with van der Waals surface area (Å²) >= 11 is 1.99. The third-order valence-corrected chi connectivity index (χ3v) is 3.88. The molecule has 1 rings (SSSR count). The van der Waals surface area contributed by atoms with Gasteiger partial charge >= 0.3 is 0 Å². The molecule has 1 aliphatic heterocycles. The van der Waals surface area contributed by atoms with E-state index in [1.54, 1.807) is 7.11 Å². The molecular weight excluding hydrogens is 226 g/mol. The van der Waals surface area contributed by atoms with Crippen LogP contribution in [0.15, 0.2) is 0 Å². The standard InChI is InChI=1S/C11H23NO3S/c1-10-9-16-6-3-12(10)7-11(13)8-15-5-4-14-2/h10-11,13H,3-9H2,1-2H3. The first-order valence-electron chi connectivity index (χ1n) is 5.80. The fourth-order valence-electron chi connectivity index (χ4n) is 1.72. The molecule has 1 aliphatic rings. The second-order valence-corrected chi connectivity index (χ2v) is 5.29. The van der Waals surface area contributed by atoms with Crippen LogP contribution in [0.25, 0.3) is 0 Å². The Hall–Kier alpha value is 0.190. The van der Waals surface area contributed by atoms with Gasteiger partial charge in [-0.2, -0.15) is 11.8 Å². The van der Waals surface area contributed by atoms with Gasteiger partial charge in [-0.15, -0.1) is 0 Å². The second-order valence-electron chi connectivity index (χ2n) is 4.14. The zero-order valence-corrected chi connectivity index (χ0v) is 11.0. The first-order chi connectivity index (χ1) is 7.74. The molecule has 0 aromatic heterocycles. The summed E-state index contributed by atoms with van der Waals surface area (Å²) in [7, 11) is 1.65. The average Bonchev–Trinajstić information content (AvgIpc) is 2.28. The molecule has 1 N–H and O–H groups in total. The lowest BCUT2D eigenvalue weighted by Crippen LogP contribution is -2.45. The second kappa shape index (κ2) is 8.31. The minimum Gasteiger partial charge on any atom is -0.389 e. The van der Waals surface area contributed by atoms with Crippen molar-refractivity contribution in [2.75, 3.05) is 51.5 Å². The Labute approximate surface area is 102 Å². The van der Waals surface area contributed by atoms with E-state index in [9.17, 15) is 5.11 Å². The van der Waals surface area contributed by atoms with Gasteiger partial charge in [0.15, 0.2) is 0 Å². The minimum absolute atomic E-state index is 0.387. The Morgan fingerprint density at radius 1 is 1.50 bits per heavy atom. The maximum absolute atomic E-state index is 9.80. The van der Waals surface area contributed by atoms with E-state index in [1.165, 1.54) is 5.75 Å². The number of rotatable bonds is 7. The summed E-state index contributed by atoms with van der Waals surface area (Å²) in [5, 5.41) is 9.80. The molecule has 0 aromatic rings. The van der Waals surface area contributed by atoms with Crippen LogP contribution in [0.1, 0.15) is 6.92 Å². The molecule has 0 aromatic carbocycles. The normalized spacial score (nSPS) is 24.6. The first-order valence-corrected chi connectivity index (χ1v) is 6.96. The van der Waals surface area contributed by atoms with Crippen molar-refractivity contribution in [1.29, 1.82) is 0 Å². The van der Waals surface area contributed by atoms with Crippen LogP contribution in [0.3, 0.4) is 0 Å². The number of methoxy groups -OCH3 is 1. The van der Waals surface area contributed by atoms with Crippen LogP contribution in [-0.4, -0.2) is 73.7 Å². The number of thioether (sulfide) groups is 1. The third kappa shape index (κ3) is 5.50. The Bertz CT molecular complexity index is 183. The monoisotopic (exact) mass is 249 g/mol. The highest BCUT2D eigenvalue weighted by atomic mass is 32.2. The van der Waals surface area contributed by atoms with Gasteiger partial charge in [0.25, 0.3) is 0 Å². The third-order valence-electron chi connectivity index (χ3n) is 2.69. The predicted molar refractivity (Wildman–Crippen MR) is 67.1 cm³/mol. The van der Waals surface area contributed by atoms with E-state index in [2.05, 4.69) is 11.8 Å². The molecule has 0 saturated carbocycles. The summed E-state index contributed by atoms with van der Waals surface area (Å²) in [6.07, 6.45) is -0.387. The number of β-amino-alcohol motifs (C(OH)–C–C–N with tert-alkyl or cyclic N) is 1. The maximum atomic E-state index is 9.80. The van der Waals surface area contributed by atoms with Crippen LogP contribution in [0.5, 0.6) is 0 Å². The number of hydrogen-bond donors (Lipinski definition) is 1. The van der Waals surface area contributed by atoms with Crippen LogP contribution >= 0.6 is 11.8 Å². The number of ether oxygens (including phenoxy) is 2. The van der Waals surface area contributed by atoms with Gasteiger partial charge in [-0.1, -0.05) is 0 Å². The van der Waals surface area contributed by atoms with E-state index in [-0.39, 0.29) is 6.10 Å². The Kier molecular flexibility index (Phi) is 7.40. The zero-order chi connectivity index (χ0) is 11.8. The number of nitrogens with zero attached hydrogens (tertiary/aromatic N) is 1. The highest BCUT2D eigenvalue weighted by Crippen LogP contribution is 2.15. The summed E-state index contributed by atoms with van der Waals surface area (Å²) in [6.45, 7) is 5.54. The van der Waals surface area contributed by atoms with Gasteiger partial charge in [0, 0.05) is 37.7 Å². The first kappa shape index (κ1) is 14.3. The molecule has 1 heterocycles. The van der Waals surface area contributed by atoms with Crippen molar-refractivity contribution in [2.24, 2.45) is 0 Å². The van der Waals surface area contributed by atoms with E-state index >= 15 is 0 Å². The quantitative estimate of drug-likeness (QED) is 0.664. The number of aliphatic hydroxyl groups excluding tert-OH is 1. The van der Waals surface area contributed by atoms with Crippen LogP contribution in [0.4, 0.5) is 0 Å². The minimum atomic E-state index is -0.387. The SMILES string of the molecule is COCCOCC(O)CN1CCSCC1C. The zero-order valence-electron chi connectivity index (χ0n) is 10.2. The van der Waals surface area contributed by atoms with Gasteiger partial charge in [0.1, 0.15) is 0 Å². The number of aliphatic hydroxyl groups is 1. The summed E-state index contributed by atoms with van der Waals surface area (Å²) in [5.74, 6) is 2.33. The van der Waals surface area contributed by atoms with E-state index in [0.29, 0.717) is 32.4 Å². The van der Waals surface area contributed by atoms with Crippen molar-refractivity contribution in [2.45, 2.75) is 19.1 Å². The van der Waals surface area contributed by atoms with Crippen molar-refractivity contribution in [3.05, 3.63) is 0 Å². The number of hydrogen-bond acceptors (Lipinski definition) is 5. The van der Waals surface area contributed by atoms with E-state index in [4.69, 9.17) is 9.47 Å². The highest BCUT2D eigenvalue weighted by Gasteiger charge is 2.20. The van der Waals surface area contributed by atoms with Gasteiger partial charge in [0.2, 0.25) is 0 Å². The van der Waals surface area contributed by atoms with Gasteiger partial charge in [-0.25, -0.2) is 0 Å². The molecule has 1 fully saturated rings. The van der Waals surface area contributed by atoms with Crippen molar-refractivity contribution in [1.82, 2.24) is 4.90 Å². The van der Waals surface area contributed by atoms with Crippen molar-refractivity contribution < 1.29 is 14.6 Å². The molecule has 2 atom stereocenters. The molecule has 0 radical (unpaired) electrons. The average molecular weight is 249 g/mol. The van der Waals surface area contributed by atoms with E-state index in [1.807, 2.05) is 11.8 Å². The maximum Gasteiger partial charge on any atom is 0.0900 e. The van der Waals surface area contributed by atoms with Crippen LogP contribution < -0.4 is 0 Å². The molecule has 5 heteroatoms. The summed E-state index contributed by atoms with van der Waals surface area (Å²) in [5.41, 5.74) is 0. The van der Waals surface area contributed by atoms with Crippen molar-refractivity contribution >= 4 is 11.8 Å². The molecule has 16 heavy (non-hydrogen) atoms. The molecule has 1 saturated heterocycles. The Balaban J connectivity index is 2.09. The smallest absolute Gasteiger partial charge is 0.0900 e. The molecule has 0 bridgehead atoms. The van der Waals surface area contributed by atoms with Crippen molar-refractivity contribution in [3.63, 3.8) is 0 Å². The van der Waals surface area contributed by atoms with Gasteiger partial charge in [0.05, 0.1) is 25.9 Å². The topological polar surface area (TPSA) is 41.9 Å². The molecule has 4 nitrogen and oxygen atoms in total. The molecule has 0 spiro atoms. The lowest BCUT2D eigenvalue weighted by atomic mass is 10.2. The lowest BCUT2D eigenvalue weighted by Gasteiger charge is -2.34. The summed E-state index contributed by atoms with van der Waals surface area (Å²) < 4.78 is 10.2. The van der Waals surface area contributed by atoms with Gasteiger partial charge in [-0.3, -0.25) is 4.90 Å². The highest BCUT2D eigenvalue weighted by molar-refractivity contribution is 7.99. The molecule has 96 valence electrons. The van der Waals surface area contributed by atoms with Crippen molar-refractivity contribution in [3.8, 4) is 0 Å². The van der Waals surface area contributed by atoms with E-state index in [0.717, 1.165) is 12.3 Å². The predicted octanol–water partition coefficient (Wildman–Crippen LogP) is 0.448. The van der Waals surface area contributed by atoms with E-state index < -0.39 is 0 Å². The van der Waals surface area contributed by atoms with Crippen LogP contribution in [0, 0.1) is 0 Å². The summed E-state index contributed by atoms with van der Waals surface area (Å²) in [4.78, 5) is 2.33. The fourth-order valence-corrected chi connectivity index (χ4v) is 2.80. The Morgan fingerprint density at radius 2 is 2.31 bits per heavy atom. The van der Waals surface area contributed by atoms with Gasteiger partial charge < -0.3 is 14.6 Å². The lowest BCUT2D eigenvalue weighted by molar-refractivity contribution is -0.00368.